The van der Waals surface area contributed by atoms with Crippen LogP contribution in [0.2, 0.25) is 0 Å². The predicted molar refractivity (Wildman–Crippen MR) is 87.7 cm³/mol. The lowest BCUT2D eigenvalue weighted by atomic mass is 10.0. The first-order chi connectivity index (χ1) is 11.6. The highest BCUT2D eigenvalue weighted by atomic mass is 16.5. The van der Waals surface area contributed by atoms with Crippen LogP contribution in [0.3, 0.4) is 0 Å². The van der Waals surface area contributed by atoms with Crippen molar-refractivity contribution in [2.45, 2.75) is 32.2 Å². The van der Waals surface area contributed by atoms with Crippen molar-refractivity contribution in [3.63, 3.8) is 0 Å². The highest BCUT2D eigenvalue weighted by Gasteiger charge is 2.24. The lowest BCUT2D eigenvalue weighted by Gasteiger charge is -2.33. The van der Waals surface area contributed by atoms with Crippen LogP contribution in [0.4, 0.5) is 0 Å². The van der Waals surface area contributed by atoms with E-state index < -0.39 is 5.97 Å². The van der Waals surface area contributed by atoms with Gasteiger partial charge in [-0.2, -0.15) is 5.10 Å². The number of amides is 1. The number of H-pyrrole nitrogens is 1. The van der Waals surface area contributed by atoms with Crippen LogP contribution >= 0.6 is 0 Å². The topological polar surface area (TPSA) is 92.4 Å². The number of hydrogen-bond donors (Lipinski definition) is 1. The first-order valence-electron chi connectivity index (χ1n) is 8.02. The number of aromatic amines is 1. The number of nitrogens with zero attached hydrogens (tertiary/aromatic N) is 2. The number of esters is 1. The van der Waals surface area contributed by atoms with Crippen molar-refractivity contribution in [2.75, 3.05) is 13.2 Å². The molecule has 0 radical (unpaired) electrons. The Morgan fingerprint density at radius 3 is 2.79 bits per heavy atom. The summed E-state index contributed by atoms with van der Waals surface area (Å²) in [5, 5.41) is 6.82. The summed E-state index contributed by atoms with van der Waals surface area (Å²) in [6.07, 6.45) is 3.04. The third-order valence-corrected chi connectivity index (χ3v) is 4.34. The van der Waals surface area contributed by atoms with Crippen molar-refractivity contribution in [3.05, 3.63) is 40.3 Å². The zero-order valence-corrected chi connectivity index (χ0v) is 13.4. The lowest BCUT2D eigenvalue weighted by molar-refractivity contribution is -0.137. The number of nitrogens with one attached hydrogen (secondary N) is 1. The first kappa shape index (κ1) is 16.2. The number of carbonyl (C=O) groups excluding carboxylic acids is 2. The molecule has 1 aromatic carbocycles. The first-order valence-corrected chi connectivity index (χ1v) is 8.02. The summed E-state index contributed by atoms with van der Waals surface area (Å²) in [6, 6.07) is 6.81. The third kappa shape index (κ3) is 3.15. The Morgan fingerprint density at radius 2 is 2.04 bits per heavy atom. The Hall–Kier alpha value is -2.70. The van der Waals surface area contributed by atoms with Crippen molar-refractivity contribution in [3.8, 4) is 0 Å². The molecule has 2 aromatic rings. The van der Waals surface area contributed by atoms with E-state index in [0.29, 0.717) is 17.3 Å². The van der Waals surface area contributed by atoms with E-state index in [1.165, 1.54) is 0 Å². The normalized spacial score (nSPS) is 17.7. The fourth-order valence-corrected chi connectivity index (χ4v) is 3.02. The van der Waals surface area contributed by atoms with Gasteiger partial charge in [0.15, 0.2) is 12.3 Å². The molecule has 24 heavy (non-hydrogen) atoms. The van der Waals surface area contributed by atoms with Gasteiger partial charge < -0.3 is 9.64 Å². The molecule has 1 aliphatic rings. The maximum absolute atomic E-state index is 12.3. The van der Waals surface area contributed by atoms with Crippen molar-refractivity contribution in [2.24, 2.45) is 0 Å². The summed E-state index contributed by atoms with van der Waals surface area (Å²) in [5.74, 6) is -0.926. The highest BCUT2D eigenvalue weighted by molar-refractivity contribution is 6.02. The van der Waals surface area contributed by atoms with Crippen molar-refractivity contribution in [1.82, 2.24) is 15.1 Å². The number of carbonyl (C=O) groups is 2. The molecule has 126 valence electrons. The second-order valence-corrected chi connectivity index (χ2v) is 5.95. The van der Waals surface area contributed by atoms with Gasteiger partial charge in [-0.1, -0.05) is 18.2 Å². The van der Waals surface area contributed by atoms with Gasteiger partial charge in [0.25, 0.3) is 11.5 Å². The van der Waals surface area contributed by atoms with Crippen LogP contribution in [0.25, 0.3) is 10.8 Å². The summed E-state index contributed by atoms with van der Waals surface area (Å²) < 4.78 is 5.12. The van der Waals surface area contributed by atoms with Gasteiger partial charge in [-0.15, -0.1) is 0 Å². The number of fused-ring (bicyclic) bond motifs is 1. The monoisotopic (exact) mass is 329 g/mol. The molecule has 1 amide bonds. The van der Waals surface area contributed by atoms with E-state index in [0.717, 1.165) is 19.3 Å². The Morgan fingerprint density at radius 1 is 1.29 bits per heavy atom. The molecule has 2 heterocycles. The van der Waals surface area contributed by atoms with Gasteiger partial charge in [0, 0.05) is 18.0 Å². The number of ether oxygens (including phenoxy) is 1. The molecule has 0 unspecified atom stereocenters. The van der Waals surface area contributed by atoms with Gasteiger partial charge in [-0.05, 0) is 32.3 Å². The van der Waals surface area contributed by atoms with Gasteiger partial charge in [0.1, 0.15) is 0 Å². The molecular formula is C17H19N3O4. The number of likely N-dealkylation sites (tertiary alicyclic amines) is 1. The maximum Gasteiger partial charge on any atom is 0.359 e. The molecule has 7 nitrogen and oxygen atoms in total. The molecule has 0 aliphatic carbocycles. The zero-order valence-electron chi connectivity index (χ0n) is 13.4. The Bertz CT molecular complexity index is 830. The van der Waals surface area contributed by atoms with E-state index in [9.17, 15) is 14.4 Å². The van der Waals surface area contributed by atoms with E-state index in [1.54, 1.807) is 29.2 Å². The molecule has 1 aromatic heterocycles. The molecule has 0 saturated carbocycles. The van der Waals surface area contributed by atoms with Crippen LogP contribution in [-0.4, -0.2) is 46.2 Å². The van der Waals surface area contributed by atoms with Gasteiger partial charge >= 0.3 is 5.97 Å². The number of rotatable bonds is 3. The smallest absolute Gasteiger partial charge is 0.359 e. The second-order valence-electron chi connectivity index (χ2n) is 5.95. The molecule has 7 heteroatoms. The minimum Gasteiger partial charge on any atom is -0.451 e. The van der Waals surface area contributed by atoms with E-state index in [1.807, 2.05) is 6.92 Å². The van der Waals surface area contributed by atoms with Crippen molar-refractivity contribution in [1.29, 1.82) is 0 Å². The average molecular weight is 329 g/mol. The molecule has 1 saturated heterocycles. The molecule has 1 aliphatic heterocycles. The summed E-state index contributed by atoms with van der Waals surface area (Å²) in [6.45, 7) is 2.37. The van der Waals surface area contributed by atoms with E-state index >= 15 is 0 Å². The van der Waals surface area contributed by atoms with Crippen molar-refractivity contribution < 1.29 is 14.3 Å². The van der Waals surface area contributed by atoms with Crippen LogP contribution in [0.5, 0.6) is 0 Å². The Balaban J connectivity index is 1.73. The molecule has 0 bridgehead atoms. The van der Waals surface area contributed by atoms with Crippen LogP contribution in [0.1, 0.15) is 36.7 Å². The maximum atomic E-state index is 12.3. The molecule has 0 spiro atoms. The number of piperidine rings is 1. The molecule has 3 rings (SSSR count). The van der Waals surface area contributed by atoms with Crippen LogP contribution in [-0.2, 0) is 9.53 Å². The summed E-state index contributed by atoms with van der Waals surface area (Å²) in [7, 11) is 0. The van der Waals surface area contributed by atoms with Crippen LogP contribution in [0, 0.1) is 0 Å². The SMILES string of the molecule is C[C@@H]1CCCCN1C(=O)COC(=O)c1n[nH]c(=O)c2ccccc12. The lowest BCUT2D eigenvalue weighted by Crippen LogP contribution is -2.44. The van der Waals surface area contributed by atoms with Crippen LogP contribution in [0.15, 0.2) is 29.1 Å². The summed E-state index contributed by atoms with van der Waals surface area (Å²) >= 11 is 0. The third-order valence-electron chi connectivity index (χ3n) is 4.34. The van der Waals surface area contributed by atoms with Gasteiger partial charge in [0.05, 0.1) is 5.39 Å². The molecule has 1 atom stereocenters. The van der Waals surface area contributed by atoms with Gasteiger partial charge in [0.2, 0.25) is 0 Å². The predicted octanol–water partition coefficient (Wildman–Crippen LogP) is 1.48. The van der Waals surface area contributed by atoms with Crippen LogP contribution < -0.4 is 5.56 Å². The number of aromatic nitrogens is 2. The molecule has 1 fully saturated rings. The van der Waals surface area contributed by atoms with E-state index in [-0.39, 0.29) is 29.8 Å². The molecule has 1 N–H and O–H groups in total. The van der Waals surface area contributed by atoms with Gasteiger partial charge in [-0.3, -0.25) is 9.59 Å². The minimum absolute atomic E-state index is 0.00435. The zero-order chi connectivity index (χ0) is 17.1. The number of hydrogen-bond acceptors (Lipinski definition) is 5. The fraction of sp³-hybridized carbons (Fsp3) is 0.412. The van der Waals surface area contributed by atoms with E-state index in [4.69, 9.17) is 4.74 Å². The highest BCUT2D eigenvalue weighted by Crippen LogP contribution is 2.17. The number of benzene rings is 1. The Kier molecular flexibility index (Phi) is 4.59. The summed E-state index contributed by atoms with van der Waals surface area (Å²) in [5.41, 5.74) is -0.370. The standard InChI is InChI=1S/C17H19N3O4/c1-11-6-4-5-9-20(11)14(21)10-24-17(23)15-12-7-2-3-8-13(12)16(22)19-18-15/h2-3,7-8,11H,4-6,9-10H2,1H3,(H,19,22)/t11-/m1/s1. The second kappa shape index (κ2) is 6.82. The van der Waals surface area contributed by atoms with Gasteiger partial charge in [-0.25, -0.2) is 9.89 Å². The quantitative estimate of drug-likeness (QED) is 0.861. The summed E-state index contributed by atoms with van der Waals surface area (Å²) in [4.78, 5) is 38.0. The Labute approximate surface area is 138 Å². The molecular weight excluding hydrogens is 310 g/mol. The van der Waals surface area contributed by atoms with Crippen molar-refractivity contribution >= 4 is 22.6 Å². The fourth-order valence-electron chi connectivity index (χ4n) is 3.02. The largest absolute Gasteiger partial charge is 0.451 e. The minimum atomic E-state index is -0.722. The van der Waals surface area contributed by atoms with E-state index in [2.05, 4.69) is 10.2 Å². The average Bonchev–Trinajstić information content (AvgIpc) is 2.60.